The van der Waals surface area contributed by atoms with Crippen LogP contribution in [-0.2, 0) is 0 Å². The van der Waals surface area contributed by atoms with E-state index in [1.165, 1.54) is 0 Å². The molecule has 2 nitrogen and oxygen atoms in total. The molecule has 0 spiro atoms. The standard InChI is InChI=1S/C14H15ClF2N2/c1-10-8-13(19(7-6-15)9-14(16)17)11-4-2-3-5-12(11)18-10/h2-5,8,14H,6-7,9H2,1H3. The minimum Gasteiger partial charge on any atom is -0.364 e. The molecule has 0 radical (unpaired) electrons. The van der Waals surface area contributed by atoms with E-state index < -0.39 is 6.43 Å². The van der Waals surface area contributed by atoms with Crippen molar-refractivity contribution in [2.45, 2.75) is 13.3 Å². The smallest absolute Gasteiger partial charge is 0.255 e. The number of rotatable bonds is 5. The predicted octanol–water partition coefficient (Wildman–Crippen LogP) is 3.85. The van der Waals surface area contributed by atoms with Crippen LogP contribution in [-0.4, -0.2) is 30.4 Å². The number of halogens is 3. The van der Waals surface area contributed by atoms with Crippen LogP contribution < -0.4 is 4.90 Å². The number of aromatic nitrogens is 1. The molecule has 2 aromatic rings. The van der Waals surface area contributed by atoms with E-state index in [-0.39, 0.29) is 6.54 Å². The normalized spacial score (nSPS) is 11.2. The van der Waals surface area contributed by atoms with Gasteiger partial charge in [-0.3, -0.25) is 4.98 Å². The monoisotopic (exact) mass is 284 g/mol. The number of alkyl halides is 3. The Bertz CT molecular complexity index is 560. The van der Waals surface area contributed by atoms with Gasteiger partial charge in [0.05, 0.1) is 12.1 Å². The van der Waals surface area contributed by atoms with E-state index in [9.17, 15) is 8.78 Å². The van der Waals surface area contributed by atoms with Crippen molar-refractivity contribution < 1.29 is 8.78 Å². The summed E-state index contributed by atoms with van der Waals surface area (Å²) in [7, 11) is 0. The molecule has 0 bridgehead atoms. The SMILES string of the molecule is Cc1cc(N(CCCl)CC(F)F)c2ccccc2n1. The molecule has 0 aliphatic heterocycles. The van der Waals surface area contributed by atoms with Crippen molar-refractivity contribution in [1.82, 2.24) is 4.98 Å². The second kappa shape index (κ2) is 6.15. The predicted molar refractivity (Wildman–Crippen MR) is 75.4 cm³/mol. The highest BCUT2D eigenvalue weighted by atomic mass is 35.5. The lowest BCUT2D eigenvalue weighted by Gasteiger charge is -2.25. The Balaban J connectivity index is 2.51. The second-order valence-corrected chi connectivity index (χ2v) is 4.70. The molecule has 2 rings (SSSR count). The minimum atomic E-state index is -2.39. The molecule has 0 aliphatic carbocycles. The first-order valence-electron chi connectivity index (χ1n) is 6.07. The third-order valence-corrected chi connectivity index (χ3v) is 3.04. The van der Waals surface area contributed by atoms with Crippen LogP contribution in [0.2, 0.25) is 0 Å². The first kappa shape index (κ1) is 14.0. The lowest BCUT2D eigenvalue weighted by atomic mass is 10.1. The van der Waals surface area contributed by atoms with Crippen molar-refractivity contribution in [2.75, 3.05) is 23.9 Å². The highest BCUT2D eigenvalue weighted by molar-refractivity contribution is 6.18. The highest BCUT2D eigenvalue weighted by Gasteiger charge is 2.15. The van der Waals surface area contributed by atoms with E-state index in [0.29, 0.717) is 12.4 Å². The van der Waals surface area contributed by atoms with Crippen LogP contribution in [0.15, 0.2) is 30.3 Å². The van der Waals surface area contributed by atoms with Crippen molar-refractivity contribution in [2.24, 2.45) is 0 Å². The number of benzene rings is 1. The topological polar surface area (TPSA) is 16.1 Å². The van der Waals surface area contributed by atoms with Gasteiger partial charge in [-0.05, 0) is 19.1 Å². The fraction of sp³-hybridized carbons (Fsp3) is 0.357. The van der Waals surface area contributed by atoms with Crippen LogP contribution in [0.25, 0.3) is 10.9 Å². The quantitative estimate of drug-likeness (QED) is 0.775. The average Bonchev–Trinajstić information content (AvgIpc) is 2.36. The number of anilines is 1. The number of pyridine rings is 1. The van der Waals surface area contributed by atoms with Gasteiger partial charge in [0.1, 0.15) is 0 Å². The summed E-state index contributed by atoms with van der Waals surface area (Å²) in [5, 5.41) is 0.874. The number of para-hydroxylation sites is 1. The van der Waals surface area contributed by atoms with Gasteiger partial charge in [0.15, 0.2) is 0 Å². The molecule has 0 aliphatic rings. The van der Waals surface area contributed by atoms with E-state index >= 15 is 0 Å². The number of fused-ring (bicyclic) bond motifs is 1. The molecular weight excluding hydrogens is 270 g/mol. The Kier molecular flexibility index (Phi) is 4.53. The Morgan fingerprint density at radius 1 is 1.32 bits per heavy atom. The lowest BCUT2D eigenvalue weighted by molar-refractivity contribution is 0.155. The van der Waals surface area contributed by atoms with Gasteiger partial charge in [-0.25, -0.2) is 8.78 Å². The van der Waals surface area contributed by atoms with E-state index in [1.54, 1.807) is 4.90 Å². The number of aryl methyl sites for hydroxylation is 1. The van der Waals surface area contributed by atoms with Crippen LogP contribution in [0.4, 0.5) is 14.5 Å². The molecular formula is C14H15ClF2N2. The molecule has 5 heteroatoms. The highest BCUT2D eigenvalue weighted by Crippen LogP contribution is 2.27. The van der Waals surface area contributed by atoms with Gasteiger partial charge in [-0.15, -0.1) is 11.6 Å². The summed E-state index contributed by atoms with van der Waals surface area (Å²) in [5.74, 6) is 0.308. The summed E-state index contributed by atoms with van der Waals surface area (Å²) in [5.41, 5.74) is 2.39. The maximum absolute atomic E-state index is 12.7. The number of nitrogens with zero attached hydrogens (tertiary/aromatic N) is 2. The molecule has 0 unspecified atom stereocenters. The molecule has 0 atom stereocenters. The van der Waals surface area contributed by atoms with E-state index in [0.717, 1.165) is 22.3 Å². The largest absolute Gasteiger partial charge is 0.364 e. The molecule has 0 fully saturated rings. The van der Waals surface area contributed by atoms with E-state index in [2.05, 4.69) is 4.98 Å². The summed E-state index contributed by atoms with van der Waals surface area (Å²) < 4.78 is 25.4. The maximum Gasteiger partial charge on any atom is 0.255 e. The third kappa shape index (κ3) is 3.32. The fourth-order valence-electron chi connectivity index (χ4n) is 2.13. The molecule has 19 heavy (non-hydrogen) atoms. The minimum absolute atomic E-state index is 0.308. The Morgan fingerprint density at radius 3 is 2.74 bits per heavy atom. The van der Waals surface area contributed by atoms with Gasteiger partial charge in [0.25, 0.3) is 6.43 Å². The van der Waals surface area contributed by atoms with Gasteiger partial charge in [-0.1, -0.05) is 18.2 Å². The zero-order valence-corrected chi connectivity index (χ0v) is 11.4. The number of hydrogen-bond donors (Lipinski definition) is 0. The van der Waals surface area contributed by atoms with Crippen LogP contribution in [0, 0.1) is 6.92 Å². The van der Waals surface area contributed by atoms with Gasteiger partial charge in [0.2, 0.25) is 0 Å². The van der Waals surface area contributed by atoms with Gasteiger partial charge in [0, 0.05) is 29.2 Å². The Morgan fingerprint density at radius 2 is 2.05 bits per heavy atom. The summed E-state index contributed by atoms with van der Waals surface area (Å²) in [6, 6.07) is 9.37. The lowest BCUT2D eigenvalue weighted by Crippen LogP contribution is -2.31. The Labute approximate surface area is 116 Å². The molecule has 0 amide bonds. The summed E-state index contributed by atoms with van der Waals surface area (Å²) in [4.78, 5) is 6.03. The van der Waals surface area contributed by atoms with Gasteiger partial charge >= 0.3 is 0 Å². The Hall–Kier alpha value is -1.42. The molecule has 0 saturated carbocycles. The maximum atomic E-state index is 12.7. The molecule has 0 saturated heterocycles. The van der Waals surface area contributed by atoms with Gasteiger partial charge in [-0.2, -0.15) is 0 Å². The zero-order valence-electron chi connectivity index (χ0n) is 10.6. The van der Waals surface area contributed by atoms with Crippen molar-refractivity contribution in [3.8, 4) is 0 Å². The van der Waals surface area contributed by atoms with Crippen molar-refractivity contribution in [3.63, 3.8) is 0 Å². The summed E-state index contributed by atoms with van der Waals surface area (Å²) >= 11 is 5.72. The van der Waals surface area contributed by atoms with Crippen LogP contribution in [0.1, 0.15) is 5.69 Å². The first-order chi connectivity index (χ1) is 9.11. The summed E-state index contributed by atoms with van der Waals surface area (Å²) in [6.45, 7) is 1.93. The van der Waals surface area contributed by atoms with Crippen LogP contribution >= 0.6 is 11.6 Å². The van der Waals surface area contributed by atoms with E-state index in [4.69, 9.17) is 11.6 Å². The van der Waals surface area contributed by atoms with E-state index in [1.807, 2.05) is 37.3 Å². The molecule has 1 aromatic carbocycles. The van der Waals surface area contributed by atoms with Gasteiger partial charge < -0.3 is 4.90 Å². The average molecular weight is 285 g/mol. The van der Waals surface area contributed by atoms with Crippen molar-refractivity contribution in [1.29, 1.82) is 0 Å². The zero-order chi connectivity index (χ0) is 13.8. The van der Waals surface area contributed by atoms with Crippen molar-refractivity contribution >= 4 is 28.2 Å². The van der Waals surface area contributed by atoms with Crippen LogP contribution in [0.3, 0.4) is 0 Å². The number of hydrogen-bond acceptors (Lipinski definition) is 2. The molecule has 1 aromatic heterocycles. The summed E-state index contributed by atoms with van der Waals surface area (Å²) in [6.07, 6.45) is -2.39. The third-order valence-electron chi connectivity index (χ3n) is 2.88. The fourth-order valence-corrected chi connectivity index (χ4v) is 2.33. The molecule has 0 N–H and O–H groups in total. The van der Waals surface area contributed by atoms with Crippen molar-refractivity contribution in [3.05, 3.63) is 36.0 Å². The molecule has 102 valence electrons. The van der Waals surface area contributed by atoms with Crippen LogP contribution in [0.5, 0.6) is 0 Å². The first-order valence-corrected chi connectivity index (χ1v) is 6.60. The second-order valence-electron chi connectivity index (χ2n) is 4.33. The molecule has 1 heterocycles.